The van der Waals surface area contributed by atoms with Crippen LogP contribution in [0.3, 0.4) is 0 Å². The smallest absolute Gasteiger partial charge is 0.253 e. The Hall–Kier alpha value is -1.55. The molecule has 1 aliphatic rings. The van der Waals surface area contributed by atoms with E-state index in [1.54, 1.807) is 31.4 Å². The van der Waals surface area contributed by atoms with Gasteiger partial charge in [-0.2, -0.15) is 0 Å². The zero-order valence-corrected chi connectivity index (χ0v) is 9.85. The zero-order valence-electron chi connectivity index (χ0n) is 9.85. The number of ether oxygens (including phenoxy) is 1. The average molecular weight is 235 g/mol. The molecule has 4 heteroatoms. The molecule has 1 amide bonds. The van der Waals surface area contributed by atoms with Crippen LogP contribution >= 0.6 is 0 Å². The molecule has 0 saturated heterocycles. The maximum absolute atomic E-state index is 11.7. The third-order valence-corrected chi connectivity index (χ3v) is 2.92. The molecule has 2 rings (SSSR count). The van der Waals surface area contributed by atoms with Crippen LogP contribution in [0.15, 0.2) is 24.3 Å². The van der Waals surface area contributed by atoms with Crippen molar-refractivity contribution >= 4 is 5.91 Å². The number of carbonyl (C=O) groups excluding carboxylic acids is 1. The summed E-state index contributed by atoms with van der Waals surface area (Å²) in [6.07, 6.45) is 1.23. The number of nitrogens with one attached hydrogen (secondary N) is 1. The lowest BCUT2D eigenvalue weighted by molar-refractivity contribution is -0.129. The molecule has 0 heterocycles. The number of hydrogen-bond acceptors (Lipinski definition) is 3. The summed E-state index contributed by atoms with van der Waals surface area (Å²) in [6.45, 7) is 0.667. The first-order valence-electron chi connectivity index (χ1n) is 5.80. The second-order valence-corrected chi connectivity index (χ2v) is 4.37. The van der Waals surface area contributed by atoms with Crippen LogP contribution in [-0.4, -0.2) is 24.7 Å². The van der Waals surface area contributed by atoms with Crippen LogP contribution in [0.5, 0.6) is 5.75 Å². The van der Waals surface area contributed by atoms with E-state index < -0.39 is 6.10 Å². The van der Waals surface area contributed by atoms with Crippen molar-refractivity contribution in [1.82, 2.24) is 5.32 Å². The fourth-order valence-electron chi connectivity index (χ4n) is 1.63. The third kappa shape index (κ3) is 3.20. The lowest BCUT2D eigenvalue weighted by Crippen LogP contribution is -2.30. The molecule has 1 aliphatic carbocycles. The maximum Gasteiger partial charge on any atom is 0.253 e. The van der Waals surface area contributed by atoms with Gasteiger partial charge in [-0.3, -0.25) is 4.79 Å². The van der Waals surface area contributed by atoms with E-state index in [1.165, 1.54) is 12.8 Å². The fraction of sp³-hybridized carbons (Fsp3) is 0.462. The summed E-state index contributed by atoms with van der Waals surface area (Å²) in [7, 11) is 1.55. The van der Waals surface area contributed by atoms with Gasteiger partial charge in [0.2, 0.25) is 0 Å². The van der Waals surface area contributed by atoms with Crippen molar-refractivity contribution in [1.29, 1.82) is 0 Å². The largest absolute Gasteiger partial charge is 0.497 e. The third-order valence-electron chi connectivity index (χ3n) is 2.92. The number of hydrogen-bond donors (Lipinski definition) is 2. The van der Waals surface area contributed by atoms with Gasteiger partial charge in [-0.1, -0.05) is 12.1 Å². The molecule has 1 atom stereocenters. The number of aliphatic hydroxyl groups is 1. The first kappa shape index (κ1) is 11.9. The highest BCUT2D eigenvalue weighted by Crippen LogP contribution is 2.28. The quantitative estimate of drug-likeness (QED) is 0.807. The minimum absolute atomic E-state index is 0.342. The number of rotatable bonds is 5. The summed E-state index contributed by atoms with van der Waals surface area (Å²) in [5, 5.41) is 12.6. The van der Waals surface area contributed by atoms with Crippen molar-refractivity contribution in [3.8, 4) is 5.75 Å². The second kappa shape index (κ2) is 5.19. The molecular formula is C13H17NO3. The van der Waals surface area contributed by atoms with E-state index in [1.807, 2.05) is 0 Å². The van der Waals surface area contributed by atoms with Gasteiger partial charge in [0, 0.05) is 6.54 Å². The van der Waals surface area contributed by atoms with E-state index in [0.29, 0.717) is 23.8 Å². The lowest BCUT2D eigenvalue weighted by Gasteiger charge is -2.12. The fourth-order valence-corrected chi connectivity index (χ4v) is 1.63. The Morgan fingerprint density at radius 2 is 2.35 bits per heavy atom. The molecule has 0 radical (unpaired) electrons. The molecule has 0 aromatic heterocycles. The Bertz CT molecular complexity index is 401. The second-order valence-electron chi connectivity index (χ2n) is 4.37. The Balaban J connectivity index is 1.96. The summed E-state index contributed by atoms with van der Waals surface area (Å²) in [5.41, 5.74) is 0.553. The SMILES string of the molecule is COc1cccc(C(O)C(=O)NCC2CC2)c1. The number of methoxy groups -OCH3 is 1. The average Bonchev–Trinajstić information content (AvgIpc) is 3.19. The zero-order chi connectivity index (χ0) is 12.3. The highest BCUT2D eigenvalue weighted by atomic mass is 16.5. The van der Waals surface area contributed by atoms with Crippen LogP contribution in [0.2, 0.25) is 0 Å². The van der Waals surface area contributed by atoms with Crippen LogP contribution in [0.4, 0.5) is 0 Å². The van der Waals surface area contributed by atoms with Crippen LogP contribution < -0.4 is 10.1 Å². The van der Waals surface area contributed by atoms with Crippen molar-refractivity contribution in [3.05, 3.63) is 29.8 Å². The summed E-state index contributed by atoms with van der Waals surface area (Å²) in [4.78, 5) is 11.7. The molecule has 1 aromatic carbocycles. The highest BCUT2D eigenvalue weighted by molar-refractivity contribution is 5.82. The van der Waals surface area contributed by atoms with Gasteiger partial charge in [-0.25, -0.2) is 0 Å². The Labute approximate surface area is 101 Å². The van der Waals surface area contributed by atoms with Crippen molar-refractivity contribution in [2.24, 2.45) is 5.92 Å². The summed E-state index contributed by atoms with van der Waals surface area (Å²) in [5.74, 6) is 0.901. The Morgan fingerprint density at radius 3 is 3.00 bits per heavy atom. The first-order valence-corrected chi connectivity index (χ1v) is 5.80. The van der Waals surface area contributed by atoms with E-state index in [2.05, 4.69) is 5.32 Å². The Morgan fingerprint density at radius 1 is 1.59 bits per heavy atom. The van der Waals surface area contributed by atoms with Gasteiger partial charge in [-0.15, -0.1) is 0 Å². The van der Waals surface area contributed by atoms with E-state index in [0.717, 1.165) is 0 Å². The first-order chi connectivity index (χ1) is 8.20. The van der Waals surface area contributed by atoms with Crippen molar-refractivity contribution in [2.75, 3.05) is 13.7 Å². The standard InChI is InChI=1S/C13H17NO3/c1-17-11-4-2-3-10(7-11)12(15)13(16)14-8-9-5-6-9/h2-4,7,9,12,15H,5-6,8H2,1H3,(H,14,16). The molecule has 0 aliphatic heterocycles. The number of aliphatic hydroxyl groups excluding tert-OH is 1. The summed E-state index contributed by atoms with van der Waals surface area (Å²) < 4.78 is 5.05. The van der Waals surface area contributed by atoms with Gasteiger partial charge in [0.1, 0.15) is 5.75 Å². The molecule has 92 valence electrons. The van der Waals surface area contributed by atoms with Gasteiger partial charge in [0.25, 0.3) is 5.91 Å². The Kier molecular flexibility index (Phi) is 3.64. The lowest BCUT2D eigenvalue weighted by atomic mass is 10.1. The van der Waals surface area contributed by atoms with Crippen LogP contribution in [-0.2, 0) is 4.79 Å². The molecule has 1 aromatic rings. The number of benzene rings is 1. The molecule has 0 bridgehead atoms. The van der Waals surface area contributed by atoms with Gasteiger partial charge in [0.15, 0.2) is 6.10 Å². The monoisotopic (exact) mass is 235 g/mol. The van der Waals surface area contributed by atoms with E-state index in [9.17, 15) is 9.90 Å². The van der Waals surface area contributed by atoms with Crippen molar-refractivity contribution in [2.45, 2.75) is 18.9 Å². The number of amides is 1. The van der Waals surface area contributed by atoms with Gasteiger partial charge in [-0.05, 0) is 36.5 Å². The predicted octanol–water partition coefficient (Wildman–Crippen LogP) is 1.25. The van der Waals surface area contributed by atoms with Crippen LogP contribution in [0.1, 0.15) is 24.5 Å². The molecule has 0 spiro atoms. The molecule has 1 unspecified atom stereocenters. The van der Waals surface area contributed by atoms with Gasteiger partial charge < -0.3 is 15.2 Å². The topological polar surface area (TPSA) is 58.6 Å². The predicted molar refractivity (Wildman–Crippen MR) is 63.7 cm³/mol. The van der Waals surface area contributed by atoms with E-state index >= 15 is 0 Å². The van der Waals surface area contributed by atoms with Gasteiger partial charge >= 0.3 is 0 Å². The van der Waals surface area contributed by atoms with E-state index in [4.69, 9.17) is 4.74 Å². The minimum Gasteiger partial charge on any atom is -0.497 e. The van der Waals surface area contributed by atoms with E-state index in [-0.39, 0.29) is 5.91 Å². The van der Waals surface area contributed by atoms with Crippen molar-refractivity contribution < 1.29 is 14.6 Å². The van der Waals surface area contributed by atoms with Crippen LogP contribution in [0.25, 0.3) is 0 Å². The van der Waals surface area contributed by atoms with Crippen LogP contribution in [0, 0.1) is 5.92 Å². The molecule has 1 saturated carbocycles. The summed E-state index contributed by atoms with van der Waals surface area (Å²) >= 11 is 0. The molecular weight excluding hydrogens is 218 g/mol. The molecule has 17 heavy (non-hydrogen) atoms. The van der Waals surface area contributed by atoms with Gasteiger partial charge in [0.05, 0.1) is 7.11 Å². The maximum atomic E-state index is 11.7. The summed E-state index contributed by atoms with van der Waals surface area (Å²) in [6, 6.07) is 6.91. The molecule has 4 nitrogen and oxygen atoms in total. The normalized spacial score (nSPS) is 16.4. The van der Waals surface area contributed by atoms with Crippen molar-refractivity contribution in [3.63, 3.8) is 0 Å². The minimum atomic E-state index is -1.12. The molecule has 2 N–H and O–H groups in total. The molecule has 1 fully saturated rings. The highest BCUT2D eigenvalue weighted by Gasteiger charge is 2.24. The number of carbonyl (C=O) groups is 1.